The summed E-state index contributed by atoms with van der Waals surface area (Å²) in [7, 11) is 0. The lowest BCUT2D eigenvalue weighted by Gasteiger charge is -2.16. The third kappa shape index (κ3) is 2.67. The molecular formula is C13H12BrClFNO2. The average Bonchev–Trinajstić information content (AvgIpc) is 2.65. The zero-order chi connectivity index (χ0) is 14.0. The molecule has 1 heterocycles. The van der Waals surface area contributed by atoms with Crippen molar-refractivity contribution in [2.75, 3.05) is 16.8 Å². The molecule has 0 spiro atoms. The number of carbonyl (C=O) groups excluding carboxylic acids is 2. The van der Waals surface area contributed by atoms with Gasteiger partial charge in [0.05, 0.1) is 16.3 Å². The number of halogens is 3. The van der Waals surface area contributed by atoms with Crippen molar-refractivity contribution in [2.45, 2.75) is 19.3 Å². The van der Waals surface area contributed by atoms with E-state index < -0.39 is 17.5 Å². The van der Waals surface area contributed by atoms with E-state index in [1.165, 1.54) is 17.0 Å². The predicted octanol–water partition coefficient (Wildman–Crippen LogP) is 3.57. The summed E-state index contributed by atoms with van der Waals surface area (Å²) in [5.41, 5.74) is 0.0218. The minimum Gasteiger partial charge on any atom is -0.302 e. The molecule has 1 aliphatic heterocycles. The van der Waals surface area contributed by atoms with Gasteiger partial charge in [-0.25, -0.2) is 4.39 Å². The molecule has 0 N–H and O–H groups in total. The zero-order valence-corrected chi connectivity index (χ0v) is 12.4. The van der Waals surface area contributed by atoms with E-state index in [2.05, 4.69) is 15.9 Å². The molecule has 0 unspecified atom stereocenters. The number of ketones is 1. The number of Topliss-reactive ketones (excluding diaryl/α,β-unsaturated/α-hetero) is 1. The molecule has 19 heavy (non-hydrogen) atoms. The summed E-state index contributed by atoms with van der Waals surface area (Å²) in [6, 6.07) is 2.48. The van der Waals surface area contributed by atoms with E-state index in [0.717, 1.165) is 24.6 Å². The molecule has 2 rings (SSSR count). The van der Waals surface area contributed by atoms with E-state index in [-0.39, 0.29) is 16.3 Å². The van der Waals surface area contributed by atoms with Crippen molar-refractivity contribution in [3.8, 4) is 0 Å². The van der Waals surface area contributed by atoms with Gasteiger partial charge in [-0.3, -0.25) is 9.59 Å². The number of unbranched alkanes of at least 4 members (excludes halogenated alkanes) is 2. The maximum atomic E-state index is 13.8. The van der Waals surface area contributed by atoms with Gasteiger partial charge in [0.15, 0.2) is 0 Å². The van der Waals surface area contributed by atoms with E-state index in [1.54, 1.807) is 0 Å². The third-order valence-electron chi connectivity index (χ3n) is 3.03. The minimum absolute atomic E-state index is 0.00726. The van der Waals surface area contributed by atoms with E-state index in [9.17, 15) is 14.0 Å². The number of benzene rings is 1. The second-order valence-corrected chi connectivity index (χ2v) is 5.49. The monoisotopic (exact) mass is 347 g/mol. The van der Waals surface area contributed by atoms with Crippen LogP contribution in [-0.2, 0) is 4.79 Å². The van der Waals surface area contributed by atoms with Crippen LogP contribution in [0.3, 0.4) is 0 Å². The highest BCUT2D eigenvalue weighted by atomic mass is 79.9. The van der Waals surface area contributed by atoms with Gasteiger partial charge in [-0.05, 0) is 25.0 Å². The first-order valence-corrected chi connectivity index (χ1v) is 7.48. The first-order chi connectivity index (χ1) is 9.07. The Labute approximate surface area is 123 Å². The molecule has 0 bridgehead atoms. The molecule has 102 valence electrons. The predicted molar refractivity (Wildman–Crippen MR) is 75.7 cm³/mol. The highest BCUT2D eigenvalue weighted by Crippen LogP contribution is 2.36. The van der Waals surface area contributed by atoms with E-state index >= 15 is 0 Å². The Bertz CT molecular complexity index is 536. The van der Waals surface area contributed by atoms with Gasteiger partial charge in [0.25, 0.3) is 11.7 Å². The summed E-state index contributed by atoms with van der Waals surface area (Å²) in [6.45, 7) is 0.335. The van der Waals surface area contributed by atoms with Gasteiger partial charge in [0, 0.05) is 11.9 Å². The van der Waals surface area contributed by atoms with Crippen LogP contribution in [-0.4, -0.2) is 23.6 Å². The van der Waals surface area contributed by atoms with Crippen molar-refractivity contribution in [3.63, 3.8) is 0 Å². The molecule has 6 heteroatoms. The van der Waals surface area contributed by atoms with Crippen LogP contribution in [0.25, 0.3) is 0 Å². The van der Waals surface area contributed by atoms with Crippen LogP contribution in [0.1, 0.15) is 29.6 Å². The molecule has 0 saturated heterocycles. The normalized spacial score (nSPS) is 14.2. The van der Waals surface area contributed by atoms with E-state index in [4.69, 9.17) is 11.6 Å². The molecule has 0 aliphatic carbocycles. The summed E-state index contributed by atoms with van der Waals surface area (Å²) < 4.78 is 13.8. The van der Waals surface area contributed by atoms with Crippen molar-refractivity contribution in [1.82, 2.24) is 0 Å². The molecule has 1 amide bonds. The summed E-state index contributed by atoms with van der Waals surface area (Å²) in [5, 5.41) is 1.01. The van der Waals surface area contributed by atoms with Crippen LogP contribution in [0, 0.1) is 5.82 Å². The van der Waals surface area contributed by atoms with E-state index in [1.807, 2.05) is 0 Å². The molecule has 0 radical (unpaired) electrons. The Balaban J connectivity index is 2.26. The molecular weight excluding hydrogens is 337 g/mol. The van der Waals surface area contributed by atoms with Crippen LogP contribution in [0.4, 0.5) is 10.1 Å². The lowest BCUT2D eigenvalue weighted by atomic mass is 10.1. The SMILES string of the molecule is O=C1C(=O)N(CCCCCBr)c2c(F)ccc(Cl)c21. The van der Waals surface area contributed by atoms with Crippen LogP contribution in [0.5, 0.6) is 0 Å². The van der Waals surface area contributed by atoms with Crippen molar-refractivity contribution in [3.05, 3.63) is 28.5 Å². The van der Waals surface area contributed by atoms with Gasteiger partial charge < -0.3 is 4.90 Å². The molecule has 1 aromatic carbocycles. The summed E-state index contributed by atoms with van der Waals surface area (Å²) in [6.07, 6.45) is 2.59. The minimum atomic E-state index is -0.722. The number of alkyl halides is 1. The molecule has 3 nitrogen and oxygen atoms in total. The van der Waals surface area contributed by atoms with Crippen molar-refractivity contribution in [2.24, 2.45) is 0 Å². The highest BCUT2D eigenvalue weighted by molar-refractivity contribution is 9.09. The Morgan fingerprint density at radius 2 is 1.95 bits per heavy atom. The highest BCUT2D eigenvalue weighted by Gasteiger charge is 2.39. The fourth-order valence-electron chi connectivity index (χ4n) is 2.11. The molecule has 1 aromatic rings. The Morgan fingerprint density at radius 1 is 1.21 bits per heavy atom. The largest absolute Gasteiger partial charge is 0.302 e. The smallest absolute Gasteiger partial charge is 0.299 e. The van der Waals surface area contributed by atoms with Crippen LogP contribution in [0.15, 0.2) is 12.1 Å². The number of amides is 1. The Hall–Kier alpha value is -0.940. The topological polar surface area (TPSA) is 37.4 Å². The van der Waals surface area contributed by atoms with Crippen molar-refractivity contribution in [1.29, 1.82) is 0 Å². The molecule has 0 atom stereocenters. The van der Waals surface area contributed by atoms with Gasteiger partial charge in [0.1, 0.15) is 5.82 Å². The fraction of sp³-hybridized carbons (Fsp3) is 0.385. The lowest BCUT2D eigenvalue weighted by molar-refractivity contribution is -0.114. The summed E-state index contributed by atoms with van der Waals surface area (Å²) >= 11 is 9.20. The number of carbonyl (C=O) groups is 2. The first-order valence-electron chi connectivity index (χ1n) is 5.98. The second kappa shape index (κ2) is 6.01. The average molecular weight is 349 g/mol. The van der Waals surface area contributed by atoms with Crippen LogP contribution < -0.4 is 4.90 Å². The maximum absolute atomic E-state index is 13.8. The van der Waals surface area contributed by atoms with Gasteiger partial charge in [0.2, 0.25) is 0 Å². The Kier molecular flexibility index (Phi) is 4.58. The number of hydrogen-bond acceptors (Lipinski definition) is 2. The second-order valence-electron chi connectivity index (χ2n) is 4.29. The number of nitrogens with zero attached hydrogens (tertiary/aromatic N) is 1. The van der Waals surface area contributed by atoms with Crippen LogP contribution in [0.2, 0.25) is 5.02 Å². The van der Waals surface area contributed by atoms with E-state index in [0.29, 0.717) is 6.54 Å². The lowest BCUT2D eigenvalue weighted by Crippen LogP contribution is -2.31. The molecule has 0 saturated carbocycles. The Morgan fingerprint density at radius 3 is 2.63 bits per heavy atom. The zero-order valence-electron chi connectivity index (χ0n) is 10.1. The summed E-state index contributed by atoms with van der Waals surface area (Å²) in [5.74, 6) is -2.00. The number of rotatable bonds is 5. The number of anilines is 1. The van der Waals surface area contributed by atoms with Crippen LogP contribution >= 0.6 is 27.5 Å². The third-order valence-corrected chi connectivity index (χ3v) is 3.91. The molecule has 1 aliphatic rings. The first kappa shape index (κ1) is 14.5. The van der Waals surface area contributed by atoms with Gasteiger partial charge >= 0.3 is 0 Å². The number of fused-ring (bicyclic) bond motifs is 1. The van der Waals surface area contributed by atoms with Crippen molar-refractivity contribution >= 4 is 44.9 Å². The maximum Gasteiger partial charge on any atom is 0.299 e. The quantitative estimate of drug-likeness (QED) is 0.463. The molecule has 0 aromatic heterocycles. The van der Waals surface area contributed by atoms with Gasteiger partial charge in [-0.2, -0.15) is 0 Å². The summed E-state index contributed by atoms with van der Waals surface area (Å²) in [4.78, 5) is 24.9. The standard InChI is InChI=1S/C13H12BrClFNO2/c14-6-2-1-3-7-17-11-9(16)5-4-8(15)10(11)12(18)13(17)19/h4-5H,1-3,6-7H2. The van der Waals surface area contributed by atoms with Gasteiger partial charge in [-0.15, -0.1) is 0 Å². The van der Waals surface area contributed by atoms with Gasteiger partial charge in [-0.1, -0.05) is 34.0 Å². The number of hydrogen-bond donors (Lipinski definition) is 0. The fourth-order valence-corrected chi connectivity index (χ4v) is 2.74. The van der Waals surface area contributed by atoms with Crippen molar-refractivity contribution < 1.29 is 14.0 Å². The molecule has 0 fully saturated rings.